The predicted molar refractivity (Wildman–Crippen MR) is 77.5 cm³/mol. The van der Waals surface area contributed by atoms with Crippen LogP contribution in [0.3, 0.4) is 0 Å². The third-order valence-corrected chi connectivity index (χ3v) is 5.13. The topological polar surface area (TPSA) is 47.0 Å². The van der Waals surface area contributed by atoms with E-state index in [9.17, 15) is 9.90 Å². The van der Waals surface area contributed by atoms with E-state index >= 15 is 0 Å². The maximum Gasteiger partial charge on any atom is 0.237 e. The van der Waals surface area contributed by atoms with Crippen LogP contribution < -0.4 is 0 Å². The second-order valence-electron chi connectivity index (χ2n) is 6.78. The van der Waals surface area contributed by atoms with Gasteiger partial charge < -0.3 is 14.9 Å². The molecule has 0 bridgehead atoms. The van der Waals surface area contributed by atoms with E-state index in [4.69, 9.17) is 0 Å². The summed E-state index contributed by atoms with van der Waals surface area (Å²) < 4.78 is 0. The second-order valence-corrected chi connectivity index (χ2v) is 6.78. The third-order valence-electron chi connectivity index (χ3n) is 5.13. The number of aliphatic hydroxyl groups is 1. The number of carbonyl (C=O) groups is 1. The lowest BCUT2D eigenvalue weighted by Crippen LogP contribution is -2.48. The van der Waals surface area contributed by atoms with Gasteiger partial charge in [0.1, 0.15) is 0 Å². The molecule has 0 aromatic carbocycles. The average molecular weight is 281 g/mol. The molecule has 2 saturated heterocycles. The van der Waals surface area contributed by atoms with Gasteiger partial charge in [-0.15, -0.1) is 0 Å². The molecule has 1 saturated carbocycles. The fourth-order valence-corrected chi connectivity index (χ4v) is 3.63. The number of amides is 1. The largest absolute Gasteiger partial charge is 0.388 e. The van der Waals surface area contributed by atoms with Crippen molar-refractivity contribution in [3.05, 3.63) is 0 Å². The fourth-order valence-electron chi connectivity index (χ4n) is 3.63. The third kappa shape index (κ3) is 3.00. The first-order chi connectivity index (χ1) is 9.58. The quantitative estimate of drug-likeness (QED) is 0.799. The monoisotopic (exact) mass is 281 g/mol. The number of carbonyl (C=O) groups excluding carboxylic acids is 1. The first-order valence-corrected chi connectivity index (χ1v) is 8.01. The molecule has 1 unspecified atom stereocenters. The lowest BCUT2D eigenvalue weighted by atomic mass is 10.1. The average Bonchev–Trinajstić information content (AvgIpc) is 3.03. The van der Waals surface area contributed by atoms with E-state index in [0.29, 0.717) is 6.54 Å². The molecule has 114 valence electrons. The molecule has 3 aliphatic rings. The first kappa shape index (κ1) is 14.3. The highest BCUT2D eigenvalue weighted by Crippen LogP contribution is 2.44. The van der Waals surface area contributed by atoms with Crippen molar-refractivity contribution in [2.75, 3.05) is 46.3 Å². The van der Waals surface area contributed by atoms with Crippen LogP contribution in [0.5, 0.6) is 0 Å². The summed E-state index contributed by atoms with van der Waals surface area (Å²) in [6, 6.07) is 0.0876. The van der Waals surface area contributed by atoms with Gasteiger partial charge in [-0.25, -0.2) is 0 Å². The fraction of sp³-hybridized carbons (Fsp3) is 0.933. The molecule has 3 fully saturated rings. The molecule has 3 rings (SSSR count). The number of likely N-dealkylation sites (N-methyl/N-ethyl adjacent to an activating group) is 1. The van der Waals surface area contributed by atoms with Gasteiger partial charge in [0, 0.05) is 19.6 Å². The Bertz CT molecular complexity index is 370. The molecule has 0 aromatic rings. The van der Waals surface area contributed by atoms with Crippen molar-refractivity contribution in [3.8, 4) is 0 Å². The molecule has 5 heteroatoms. The summed E-state index contributed by atoms with van der Waals surface area (Å²) in [6.45, 7) is 5.52. The van der Waals surface area contributed by atoms with E-state index in [-0.39, 0.29) is 11.9 Å². The minimum absolute atomic E-state index is 0.0876. The standard InChI is InChI=1S/C15H27N3O2/c1-16-7-3-8-17(11-10-16)12-14(19)18-9-2-4-13(18)15(20)5-6-15/h13,20H,2-12H2,1H3. The normalized spacial score (nSPS) is 31.3. The summed E-state index contributed by atoms with van der Waals surface area (Å²) in [5, 5.41) is 10.3. The van der Waals surface area contributed by atoms with Gasteiger partial charge in [0.15, 0.2) is 0 Å². The van der Waals surface area contributed by atoms with Crippen molar-refractivity contribution in [3.63, 3.8) is 0 Å². The molecular weight excluding hydrogens is 254 g/mol. The highest BCUT2D eigenvalue weighted by Gasteiger charge is 2.52. The maximum atomic E-state index is 12.6. The Morgan fingerprint density at radius 1 is 1.15 bits per heavy atom. The molecule has 0 aromatic heterocycles. The zero-order chi connectivity index (χ0) is 14.2. The zero-order valence-electron chi connectivity index (χ0n) is 12.6. The summed E-state index contributed by atoms with van der Waals surface area (Å²) in [5.74, 6) is 0.220. The van der Waals surface area contributed by atoms with Crippen molar-refractivity contribution < 1.29 is 9.90 Å². The van der Waals surface area contributed by atoms with Gasteiger partial charge >= 0.3 is 0 Å². The van der Waals surface area contributed by atoms with Crippen LogP contribution in [0.25, 0.3) is 0 Å². The SMILES string of the molecule is CN1CCCN(CC(=O)N2CCCC2C2(O)CC2)CC1. The number of likely N-dealkylation sites (tertiary alicyclic amines) is 1. The summed E-state index contributed by atoms with van der Waals surface area (Å²) in [7, 11) is 2.14. The molecule has 0 radical (unpaired) electrons. The Kier molecular flexibility index (Phi) is 4.02. The number of rotatable bonds is 3. The van der Waals surface area contributed by atoms with Crippen molar-refractivity contribution in [2.45, 2.75) is 43.7 Å². The van der Waals surface area contributed by atoms with Gasteiger partial charge in [0.2, 0.25) is 5.91 Å². The van der Waals surface area contributed by atoms with E-state index in [0.717, 1.165) is 64.8 Å². The Morgan fingerprint density at radius 2 is 1.95 bits per heavy atom. The van der Waals surface area contributed by atoms with Gasteiger partial charge in [0.05, 0.1) is 18.2 Å². The Balaban J connectivity index is 1.55. The first-order valence-electron chi connectivity index (χ1n) is 8.01. The van der Waals surface area contributed by atoms with E-state index in [2.05, 4.69) is 16.8 Å². The van der Waals surface area contributed by atoms with Gasteiger partial charge in [0.25, 0.3) is 0 Å². The maximum absolute atomic E-state index is 12.6. The van der Waals surface area contributed by atoms with Gasteiger partial charge in [-0.3, -0.25) is 9.69 Å². The Labute approximate surface area is 121 Å². The molecule has 5 nitrogen and oxygen atoms in total. The smallest absolute Gasteiger partial charge is 0.237 e. The predicted octanol–water partition coefficient (Wildman–Crippen LogP) is 0.140. The lowest BCUT2D eigenvalue weighted by Gasteiger charge is -2.31. The number of nitrogens with zero attached hydrogens (tertiary/aromatic N) is 3. The highest BCUT2D eigenvalue weighted by atomic mass is 16.3. The van der Waals surface area contributed by atoms with E-state index in [1.54, 1.807) is 0 Å². The summed E-state index contributed by atoms with van der Waals surface area (Å²) in [6.07, 6.45) is 4.90. The highest BCUT2D eigenvalue weighted by molar-refractivity contribution is 5.79. The molecule has 1 amide bonds. The molecule has 1 N–H and O–H groups in total. The van der Waals surface area contributed by atoms with E-state index in [1.807, 2.05) is 4.90 Å². The van der Waals surface area contributed by atoms with Crippen LogP contribution in [0, 0.1) is 0 Å². The molecular formula is C15H27N3O2. The minimum atomic E-state index is -0.550. The minimum Gasteiger partial charge on any atom is -0.388 e. The lowest BCUT2D eigenvalue weighted by molar-refractivity contribution is -0.136. The number of hydrogen-bond acceptors (Lipinski definition) is 4. The van der Waals surface area contributed by atoms with Crippen LogP contribution in [0.1, 0.15) is 32.1 Å². The zero-order valence-corrected chi connectivity index (χ0v) is 12.6. The van der Waals surface area contributed by atoms with Crippen molar-refractivity contribution in [1.82, 2.24) is 14.7 Å². The van der Waals surface area contributed by atoms with E-state index in [1.165, 1.54) is 0 Å². The van der Waals surface area contributed by atoms with Crippen LogP contribution in [0.15, 0.2) is 0 Å². The molecule has 2 heterocycles. The van der Waals surface area contributed by atoms with Crippen LogP contribution in [0.2, 0.25) is 0 Å². The molecule has 1 atom stereocenters. The van der Waals surface area contributed by atoms with Crippen LogP contribution >= 0.6 is 0 Å². The van der Waals surface area contributed by atoms with Gasteiger partial charge in [-0.2, -0.15) is 0 Å². The number of hydrogen-bond donors (Lipinski definition) is 1. The molecule has 1 aliphatic carbocycles. The van der Waals surface area contributed by atoms with E-state index < -0.39 is 5.60 Å². The van der Waals surface area contributed by atoms with Crippen molar-refractivity contribution >= 4 is 5.91 Å². The Hall–Kier alpha value is -0.650. The summed E-state index contributed by atoms with van der Waals surface area (Å²) in [5.41, 5.74) is -0.550. The summed E-state index contributed by atoms with van der Waals surface area (Å²) >= 11 is 0. The van der Waals surface area contributed by atoms with Crippen molar-refractivity contribution in [1.29, 1.82) is 0 Å². The van der Waals surface area contributed by atoms with Crippen molar-refractivity contribution in [2.24, 2.45) is 0 Å². The Morgan fingerprint density at radius 3 is 2.70 bits per heavy atom. The molecule has 20 heavy (non-hydrogen) atoms. The molecule has 2 aliphatic heterocycles. The second kappa shape index (κ2) is 5.62. The molecule has 0 spiro atoms. The van der Waals surface area contributed by atoms with Gasteiger partial charge in [-0.05, 0) is 52.2 Å². The van der Waals surface area contributed by atoms with Crippen LogP contribution in [-0.4, -0.2) is 83.7 Å². The van der Waals surface area contributed by atoms with Gasteiger partial charge in [-0.1, -0.05) is 0 Å². The summed E-state index contributed by atoms with van der Waals surface area (Å²) in [4.78, 5) is 19.1. The van der Waals surface area contributed by atoms with Crippen LogP contribution in [0.4, 0.5) is 0 Å². The van der Waals surface area contributed by atoms with Crippen LogP contribution in [-0.2, 0) is 4.79 Å².